The number of alkyl halides is 6. The lowest BCUT2D eigenvalue weighted by Crippen LogP contribution is -2.18. The second-order valence-electron chi connectivity index (χ2n) is 4.75. The normalized spacial score (nSPS) is 12.4. The Bertz CT molecular complexity index is 740. The van der Waals surface area contributed by atoms with Crippen LogP contribution >= 0.6 is 0 Å². The molecule has 0 bridgehead atoms. The SMILES string of the molecule is FC(F)(F)Oc1ccccc1CON=Cc1ccccc1C(F)(F)F. The van der Waals surface area contributed by atoms with Crippen molar-refractivity contribution in [2.24, 2.45) is 5.16 Å². The highest BCUT2D eigenvalue weighted by molar-refractivity contribution is 5.81. The molecule has 2 aromatic carbocycles. The van der Waals surface area contributed by atoms with Crippen molar-refractivity contribution < 1.29 is 35.9 Å². The molecule has 3 nitrogen and oxygen atoms in total. The van der Waals surface area contributed by atoms with Gasteiger partial charge >= 0.3 is 12.5 Å². The summed E-state index contributed by atoms with van der Waals surface area (Å²) < 4.78 is 79.1. The molecule has 0 spiro atoms. The topological polar surface area (TPSA) is 30.8 Å². The Balaban J connectivity index is 2.06. The van der Waals surface area contributed by atoms with E-state index in [0.29, 0.717) is 0 Å². The summed E-state index contributed by atoms with van der Waals surface area (Å²) in [5.41, 5.74) is -1.08. The van der Waals surface area contributed by atoms with Crippen LogP contribution in [-0.4, -0.2) is 12.6 Å². The van der Waals surface area contributed by atoms with Crippen molar-refractivity contribution in [1.29, 1.82) is 0 Å². The lowest BCUT2D eigenvalue weighted by atomic mass is 10.1. The van der Waals surface area contributed by atoms with Gasteiger partial charge in [-0.25, -0.2) is 0 Å². The third-order valence-electron chi connectivity index (χ3n) is 2.95. The zero-order valence-corrected chi connectivity index (χ0v) is 12.4. The second kappa shape index (κ2) is 7.45. The van der Waals surface area contributed by atoms with Gasteiger partial charge in [-0.15, -0.1) is 13.2 Å². The van der Waals surface area contributed by atoms with Gasteiger partial charge in [0.25, 0.3) is 0 Å². The molecule has 2 rings (SSSR count). The lowest BCUT2D eigenvalue weighted by molar-refractivity contribution is -0.275. The standard InChI is InChI=1S/C16H11F6NO2/c17-15(18,19)13-7-3-1-5-11(13)9-23-24-10-12-6-2-4-8-14(12)25-16(20,21)22/h1-9H,10H2. The van der Waals surface area contributed by atoms with E-state index in [1.807, 2.05) is 0 Å². The van der Waals surface area contributed by atoms with Crippen LogP contribution in [0.3, 0.4) is 0 Å². The average molecular weight is 363 g/mol. The van der Waals surface area contributed by atoms with E-state index in [2.05, 4.69) is 9.89 Å². The Morgan fingerprint density at radius 3 is 2.20 bits per heavy atom. The molecule has 0 radical (unpaired) electrons. The maximum atomic E-state index is 12.8. The Morgan fingerprint density at radius 2 is 1.52 bits per heavy atom. The second-order valence-corrected chi connectivity index (χ2v) is 4.75. The highest BCUT2D eigenvalue weighted by atomic mass is 19.4. The molecule has 2 aromatic rings. The molecule has 0 aliphatic rings. The van der Waals surface area contributed by atoms with Gasteiger partial charge < -0.3 is 9.57 Å². The lowest BCUT2D eigenvalue weighted by Gasteiger charge is -2.12. The first kappa shape index (κ1) is 18.6. The minimum atomic E-state index is -4.87. The summed E-state index contributed by atoms with van der Waals surface area (Å²) in [5.74, 6) is -0.471. The first-order valence-corrected chi connectivity index (χ1v) is 6.82. The zero-order chi connectivity index (χ0) is 18.5. The maximum Gasteiger partial charge on any atom is 0.573 e. The van der Waals surface area contributed by atoms with Crippen LogP contribution in [0.1, 0.15) is 16.7 Å². The van der Waals surface area contributed by atoms with Crippen LogP contribution < -0.4 is 4.74 Å². The van der Waals surface area contributed by atoms with E-state index >= 15 is 0 Å². The molecule has 0 atom stereocenters. The van der Waals surface area contributed by atoms with Crippen molar-refractivity contribution in [3.63, 3.8) is 0 Å². The minimum Gasteiger partial charge on any atom is -0.405 e. The van der Waals surface area contributed by atoms with Gasteiger partial charge in [0.15, 0.2) is 0 Å². The van der Waals surface area contributed by atoms with Crippen LogP contribution in [0.15, 0.2) is 53.7 Å². The van der Waals surface area contributed by atoms with Crippen molar-refractivity contribution in [3.8, 4) is 5.75 Å². The van der Waals surface area contributed by atoms with Crippen LogP contribution in [0.25, 0.3) is 0 Å². The number of para-hydroxylation sites is 1. The number of halogens is 6. The summed E-state index contributed by atoms with van der Waals surface area (Å²) in [7, 11) is 0. The molecule has 0 saturated carbocycles. The van der Waals surface area contributed by atoms with Crippen LogP contribution in [0, 0.1) is 0 Å². The summed E-state index contributed by atoms with van der Waals surface area (Å²) >= 11 is 0. The molecule has 0 amide bonds. The predicted molar refractivity (Wildman–Crippen MR) is 77.0 cm³/mol. The molecule has 0 aromatic heterocycles. The predicted octanol–water partition coefficient (Wildman–Crippen LogP) is 5.15. The molecular weight excluding hydrogens is 352 g/mol. The molecule has 0 saturated heterocycles. The van der Waals surface area contributed by atoms with E-state index in [1.54, 1.807) is 0 Å². The van der Waals surface area contributed by atoms with Gasteiger partial charge in [0.1, 0.15) is 12.4 Å². The maximum absolute atomic E-state index is 12.8. The van der Waals surface area contributed by atoms with Gasteiger partial charge in [-0.2, -0.15) is 13.2 Å². The molecular formula is C16H11F6NO2. The summed E-state index contributed by atoms with van der Waals surface area (Å²) in [4.78, 5) is 4.80. The van der Waals surface area contributed by atoms with Crippen molar-refractivity contribution >= 4 is 6.21 Å². The largest absolute Gasteiger partial charge is 0.573 e. The average Bonchev–Trinajstić information content (AvgIpc) is 2.51. The molecule has 25 heavy (non-hydrogen) atoms. The summed E-state index contributed by atoms with van der Waals surface area (Å²) in [6.07, 6.45) is -8.59. The molecule has 0 heterocycles. The monoisotopic (exact) mass is 363 g/mol. The fraction of sp³-hybridized carbons (Fsp3) is 0.188. The molecule has 0 aliphatic heterocycles. The number of hydrogen-bond acceptors (Lipinski definition) is 3. The third kappa shape index (κ3) is 5.70. The number of nitrogens with zero attached hydrogens (tertiary/aromatic N) is 1. The smallest absolute Gasteiger partial charge is 0.405 e. The van der Waals surface area contributed by atoms with Crippen LogP contribution in [0.4, 0.5) is 26.3 Å². The number of benzene rings is 2. The third-order valence-corrected chi connectivity index (χ3v) is 2.95. The first-order valence-electron chi connectivity index (χ1n) is 6.82. The Kier molecular flexibility index (Phi) is 5.55. The number of ether oxygens (including phenoxy) is 1. The molecule has 9 heteroatoms. The Hall–Kier alpha value is -2.71. The highest BCUT2D eigenvalue weighted by Gasteiger charge is 2.33. The van der Waals surface area contributed by atoms with E-state index in [-0.39, 0.29) is 11.1 Å². The minimum absolute atomic E-state index is 0.0427. The van der Waals surface area contributed by atoms with Gasteiger partial charge in [-0.3, -0.25) is 0 Å². The Morgan fingerprint density at radius 1 is 0.880 bits per heavy atom. The van der Waals surface area contributed by atoms with Gasteiger partial charge in [0, 0.05) is 11.1 Å². The quantitative estimate of drug-likeness (QED) is 0.418. The van der Waals surface area contributed by atoms with Gasteiger partial charge in [0.2, 0.25) is 0 Å². The van der Waals surface area contributed by atoms with Crippen molar-refractivity contribution in [2.45, 2.75) is 19.1 Å². The van der Waals surface area contributed by atoms with E-state index in [9.17, 15) is 26.3 Å². The van der Waals surface area contributed by atoms with Gasteiger partial charge in [-0.1, -0.05) is 41.6 Å². The van der Waals surface area contributed by atoms with Crippen LogP contribution in [0.2, 0.25) is 0 Å². The van der Waals surface area contributed by atoms with Gasteiger partial charge in [-0.05, 0) is 12.1 Å². The molecule has 0 N–H and O–H groups in total. The van der Waals surface area contributed by atoms with E-state index in [0.717, 1.165) is 18.3 Å². The van der Waals surface area contributed by atoms with Crippen molar-refractivity contribution in [2.75, 3.05) is 0 Å². The molecule has 134 valence electrons. The Labute approximate surface area is 138 Å². The molecule has 0 fully saturated rings. The molecule has 0 unspecified atom stereocenters. The number of hydrogen-bond donors (Lipinski definition) is 0. The van der Waals surface area contributed by atoms with Crippen LogP contribution in [0.5, 0.6) is 5.75 Å². The van der Waals surface area contributed by atoms with Crippen molar-refractivity contribution in [3.05, 3.63) is 65.2 Å². The van der Waals surface area contributed by atoms with E-state index < -0.39 is 30.5 Å². The highest BCUT2D eigenvalue weighted by Crippen LogP contribution is 2.31. The number of rotatable bonds is 5. The van der Waals surface area contributed by atoms with Gasteiger partial charge in [0.05, 0.1) is 11.8 Å². The fourth-order valence-electron chi connectivity index (χ4n) is 1.92. The van der Waals surface area contributed by atoms with E-state index in [1.165, 1.54) is 36.4 Å². The summed E-state index contributed by atoms with van der Waals surface area (Å²) in [5, 5.41) is 3.39. The zero-order valence-electron chi connectivity index (χ0n) is 12.4. The first-order chi connectivity index (χ1) is 11.7. The summed E-state index contributed by atoms with van der Waals surface area (Å²) in [6, 6.07) is 9.91. The van der Waals surface area contributed by atoms with Crippen molar-refractivity contribution in [1.82, 2.24) is 0 Å². The van der Waals surface area contributed by atoms with Crippen LogP contribution in [-0.2, 0) is 17.6 Å². The number of oxime groups is 1. The summed E-state index contributed by atoms with van der Waals surface area (Å²) in [6.45, 7) is -0.406. The fourth-order valence-corrected chi connectivity index (χ4v) is 1.92. The van der Waals surface area contributed by atoms with E-state index in [4.69, 9.17) is 4.84 Å². The molecule has 0 aliphatic carbocycles.